The van der Waals surface area contributed by atoms with Gasteiger partial charge in [-0.05, 0) is 23.3 Å². The number of carbonyl (C=O) groups excluding carboxylic acids is 1. The maximum Gasteiger partial charge on any atom is 0.247 e. The number of hydrogen-bond donors (Lipinski definition) is 1. The summed E-state index contributed by atoms with van der Waals surface area (Å²) in [5.41, 5.74) is 2.29. The first-order valence-corrected chi connectivity index (χ1v) is 4.54. The number of H-pyrrole nitrogens is 1. The van der Waals surface area contributed by atoms with Gasteiger partial charge in [-0.25, -0.2) is 0 Å². The van der Waals surface area contributed by atoms with E-state index in [-0.39, 0.29) is 5.56 Å². The molecule has 0 spiro atoms. The fraction of sp³-hybridized carbons (Fsp3) is 0. The lowest BCUT2D eigenvalue weighted by Crippen LogP contribution is -2.01. The number of benzene rings is 1. The summed E-state index contributed by atoms with van der Waals surface area (Å²) < 4.78 is 0. The van der Waals surface area contributed by atoms with E-state index < -0.39 is 0 Å². The largest absolute Gasteiger partial charge is 0.328 e. The van der Waals surface area contributed by atoms with E-state index in [1.807, 2.05) is 12.1 Å². The summed E-state index contributed by atoms with van der Waals surface area (Å²) in [4.78, 5) is 24.0. The third kappa shape index (κ3) is 2.02. The Bertz CT molecular complexity index is 523. The van der Waals surface area contributed by atoms with Gasteiger partial charge in [0.1, 0.15) is 6.29 Å². The second-order valence-electron chi connectivity index (χ2n) is 3.18. The molecule has 1 aromatic carbocycles. The van der Waals surface area contributed by atoms with E-state index in [4.69, 9.17) is 0 Å². The van der Waals surface area contributed by atoms with E-state index >= 15 is 0 Å². The molecule has 0 fully saturated rings. The number of hydrogen-bond acceptors (Lipinski definition) is 2. The summed E-state index contributed by atoms with van der Waals surface area (Å²) in [5.74, 6) is 0. The molecule has 0 radical (unpaired) electrons. The summed E-state index contributed by atoms with van der Waals surface area (Å²) in [7, 11) is 0. The highest BCUT2D eigenvalue weighted by atomic mass is 16.1. The zero-order valence-electron chi connectivity index (χ0n) is 7.94. The zero-order chi connectivity index (χ0) is 10.7. The molecular formula is C12H9NO2. The Hall–Kier alpha value is -2.16. The first-order chi connectivity index (χ1) is 7.29. The third-order valence-corrected chi connectivity index (χ3v) is 2.14. The topological polar surface area (TPSA) is 49.9 Å². The number of carbonyl (C=O) groups is 1. The van der Waals surface area contributed by atoms with Crippen molar-refractivity contribution in [3.8, 4) is 11.1 Å². The van der Waals surface area contributed by atoms with Crippen molar-refractivity contribution in [3.63, 3.8) is 0 Å². The average molecular weight is 199 g/mol. The number of aldehydes is 1. The molecule has 0 atom stereocenters. The van der Waals surface area contributed by atoms with Crippen LogP contribution in [0, 0.1) is 0 Å². The molecule has 3 nitrogen and oxygen atoms in total. The highest BCUT2D eigenvalue weighted by Gasteiger charge is 1.98. The first-order valence-electron chi connectivity index (χ1n) is 4.54. The molecule has 0 saturated carbocycles. The number of rotatable bonds is 2. The molecule has 0 amide bonds. The number of aromatic amines is 1. The van der Waals surface area contributed by atoms with Crippen molar-refractivity contribution in [2.45, 2.75) is 0 Å². The maximum absolute atomic E-state index is 10.9. The van der Waals surface area contributed by atoms with Gasteiger partial charge in [-0.15, -0.1) is 0 Å². The van der Waals surface area contributed by atoms with E-state index in [0.29, 0.717) is 5.56 Å². The monoisotopic (exact) mass is 199 g/mol. The second kappa shape index (κ2) is 3.92. The molecule has 1 N–H and O–H groups in total. The summed E-state index contributed by atoms with van der Waals surface area (Å²) in [6.45, 7) is 0. The normalized spacial score (nSPS) is 9.87. The Morgan fingerprint density at radius 1 is 1.07 bits per heavy atom. The minimum absolute atomic E-state index is 0.134. The Balaban J connectivity index is 2.49. The fourth-order valence-corrected chi connectivity index (χ4v) is 1.38. The molecule has 2 rings (SSSR count). The van der Waals surface area contributed by atoms with Crippen molar-refractivity contribution < 1.29 is 4.79 Å². The molecule has 2 aromatic rings. The Morgan fingerprint density at radius 2 is 1.93 bits per heavy atom. The number of pyridine rings is 1. The molecule has 74 valence electrons. The van der Waals surface area contributed by atoms with Gasteiger partial charge in [0.15, 0.2) is 0 Å². The minimum atomic E-state index is -0.134. The van der Waals surface area contributed by atoms with Crippen LogP contribution < -0.4 is 5.56 Å². The van der Waals surface area contributed by atoms with Crippen LogP contribution >= 0.6 is 0 Å². The van der Waals surface area contributed by atoms with Crippen LogP contribution in [-0.4, -0.2) is 11.3 Å². The summed E-state index contributed by atoms with van der Waals surface area (Å²) in [5, 5.41) is 0. The van der Waals surface area contributed by atoms with Crippen LogP contribution in [0.5, 0.6) is 0 Å². The highest BCUT2D eigenvalue weighted by Crippen LogP contribution is 2.17. The van der Waals surface area contributed by atoms with Crippen LogP contribution in [0.15, 0.2) is 47.4 Å². The lowest BCUT2D eigenvalue weighted by atomic mass is 10.1. The van der Waals surface area contributed by atoms with Gasteiger partial charge in [0.05, 0.1) is 0 Å². The van der Waals surface area contributed by atoms with Crippen LogP contribution in [0.4, 0.5) is 0 Å². The van der Waals surface area contributed by atoms with Crippen molar-refractivity contribution in [2.24, 2.45) is 0 Å². The number of aromatic nitrogens is 1. The second-order valence-corrected chi connectivity index (χ2v) is 3.18. The molecule has 0 aliphatic rings. The van der Waals surface area contributed by atoms with Gasteiger partial charge >= 0.3 is 0 Å². The summed E-state index contributed by atoms with van der Waals surface area (Å²) >= 11 is 0. The summed E-state index contributed by atoms with van der Waals surface area (Å²) in [6, 6.07) is 10.4. The van der Waals surface area contributed by atoms with Gasteiger partial charge in [0.2, 0.25) is 5.56 Å². The first kappa shape index (κ1) is 9.40. The van der Waals surface area contributed by atoms with Crippen LogP contribution in [-0.2, 0) is 0 Å². The predicted octanol–water partition coefficient (Wildman–Crippen LogP) is 1.85. The SMILES string of the molecule is O=Cc1cccc(-c2ccc(=O)[nH]c2)c1. The summed E-state index contributed by atoms with van der Waals surface area (Å²) in [6.07, 6.45) is 2.43. The van der Waals surface area contributed by atoms with Gasteiger partial charge in [-0.1, -0.05) is 18.2 Å². The quantitative estimate of drug-likeness (QED) is 0.750. The van der Waals surface area contributed by atoms with Crippen molar-refractivity contribution in [2.75, 3.05) is 0 Å². The van der Waals surface area contributed by atoms with E-state index in [1.165, 1.54) is 6.07 Å². The lowest BCUT2D eigenvalue weighted by Gasteiger charge is -2.00. The van der Waals surface area contributed by atoms with Gasteiger partial charge in [-0.3, -0.25) is 9.59 Å². The highest BCUT2D eigenvalue weighted by molar-refractivity contribution is 5.78. The molecule has 0 aliphatic heterocycles. The smallest absolute Gasteiger partial charge is 0.247 e. The van der Waals surface area contributed by atoms with Crippen molar-refractivity contribution in [1.82, 2.24) is 4.98 Å². The van der Waals surface area contributed by atoms with Crippen LogP contribution in [0.1, 0.15) is 10.4 Å². The van der Waals surface area contributed by atoms with Gasteiger partial charge in [-0.2, -0.15) is 0 Å². The zero-order valence-corrected chi connectivity index (χ0v) is 7.94. The van der Waals surface area contributed by atoms with Gasteiger partial charge < -0.3 is 4.98 Å². The van der Waals surface area contributed by atoms with E-state index in [2.05, 4.69) is 4.98 Å². The molecule has 3 heteroatoms. The molecule has 0 unspecified atom stereocenters. The number of nitrogens with one attached hydrogen (secondary N) is 1. The van der Waals surface area contributed by atoms with Crippen molar-refractivity contribution in [1.29, 1.82) is 0 Å². The Labute approximate surface area is 86.4 Å². The molecule has 1 aromatic heterocycles. The van der Waals surface area contributed by atoms with E-state index in [0.717, 1.165) is 17.4 Å². The Kier molecular flexibility index (Phi) is 2.46. The molecule has 0 bridgehead atoms. The van der Waals surface area contributed by atoms with E-state index in [1.54, 1.807) is 24.4 Å². The van der Waals surface area contributed by atoms with E-state index in [9.17, 15) is 9.59 Å². The van der Waals surface area contributed by atoms with Crippen molar-refractivity contribution in [3.05, 3.63) is 58.5 Å². The molecule has 15 heavy (non-hydrogen) atoms. The average Bonchev–Trinajstić information content (AvgIpc) is 2.30. The van der Waals surface area contributed by atoms with Crippen LogP contribution in [0.3, 0.4) is 0 Å². The van der Waals surface area contributed by atoms with Crippen LogP contribution in [0.25, 0.3) is 11.1 Å². The maximum atomic E-state index is 10.9. The predicted molar refractivity (Wildman–Crippen MR) is 57.9 cm³/mol. The van der Waals surface area contributed by atoms with Crippen LogP contribution in [0.2, 0.25) is 0 Å². The Morgan fingerprint density at radius 3 is 2.60 bits per heavy atom. The fourth-order valence-electron chi connectivity index (χ4n) is 1.38. The molecular weight excluding hydrogens is 190 g/mol. The minimum Gasteiger partial charge on any atom is -0.328 e. The lowest BCUT2D eigenvalue weighted by molar-refractivity contribution is 0.112. The van der Waals surface area contributed by atoms with Gasteiger partial charge in [0, 0.05) is 17.8 Å². The van der Waals surface area contributed by atoms with Gasteiger partial charge in [0.25, 0.3) is 0 Å². The third-order valence-electron chi connectivity index (χ3n) is 2.14. The van der Waals surface area contributed by atoms with Crippen molar-refractivity contribution >= 4 is 6.29 Å². The molecule has 1 heterocycles. The standard InChI is InChI=1S/C12H9NO2/c14-8-9-2-1-3-10(6-9)11-4-5-12(15)13-7-11/h1-8H,(H,13,15). The molecule has 0 saturated heterocycles. The molecule has 0 aliphatic carbocycles.